The van der Waals surface area contributed by atoms with Gasteiger partial charge in [-0.2, -0.15) is 0 Å². The van der Waals surface area contributed by atoms with Crippen LogP contribution in [0.5, 0.6) is 5.75 Å². The summed E-state index contributed by atoms with van der Waals surface area (Å²) in [6.07, 6.45) is 1.51. The van der Waals surface area contributed by atoms with Crippen molar-refractivity contribution in [2.75, 3.05) is 18.6 Å². The molecule has 0 saturated carbocycles. The van der Waals surface area contributed by atoms with Crippen LogP contribution >= 0.6 is 0 Å². The van der Waals surface area contributed by atoms with Crippen LogP contribution in [-0.2, 0) is 27.7 Å². The van der Waals surface area contributed by atoms with Crippen molar-refractivity contribution in [3.8, 4) is 5.75 Å². The predicted octanol–water partition coefficient (Wildman–Crippen LogP) is 3.30. The molecule has 0 fully saturated rings. The molecule has 5 rings (SSSR count). The first-order chi connectivity index (χ1) is 15.4. The van der Waals surface area contributed by atoms with Crippen molar-refractivity contribution in [2.45, 2.75) is 17.7 Å². The normalized spacial score (nSPS) is 16.1. The van der Waals surface area contributed by atoms with Gasteiger partial charge in [0.05, 0.1) is 24.0 Å². The van der Waals surface area contributed by atoms with Crippen LogP contribution in [-0.4, -0.2) is 38.2 Å². The smallest absolute Gasteiger partial charge is 0.269 e. The Morgan fingerprint density at radius 2 is 1.53 bits per heavy atom. The highest BCUT2D eigenvalue weighted by molar-refractivity contribution is 7.90. The number of methoxy groups -OCH3 is 1. The van der Waals surface area contributed by atoms with Gasteiger partial charge in [-0.25, -0.2) is 12.7 Å². The summed E-state index contributed by atoms with van der Waals surface area (Å²) in [7, 11) is -2.70. The number of benzene rings is 3. The standard InChI is InChI=1S/C24H20N2O5S/c1-31-18-12-13-22-19(14-18)24(28)25(32(22,29)30)15-23(27)26-20-8-4-2-6-16(20)10-11-17-7-3-5-9-21(17)26/h2-9,12-14H,10-11,15H2,1H3. The Bertz CT molecular complexity index is 1320. The zero-order valence-electron chi connectivity index (χ0n) is 17.3. The van der Waals surface area contributed by atoms with E-state index < -0.39 is 28.4 Å². The van der Waals surface area contributed by atoms with Gasteiger partial charge < -0.3 is 4.74 Å². The fraction of sp³-hybridized carbons (Fsp3) is 0.167. The first-order valence-corrected chi connectivity index (χ1v) is 11.6. The van der Waals surface area contributed by atoms with Crippen molar-refractivity contribution in [1.82, 2.24) is 4.31 Å². The van der Waals surface area contributed by atoms with E-state index >= 15 is 0 Å². The summed E-state index contributed by atoms with van der Waals surface area (Å²) in [6, 6.07) is 19.3. The van der Waals surface area contributed by atoms with Gasteiger partial charge in [0, 0.05) is 0 Å². The second-order valence-corrected chi connectivity index (χ2v) is 9.50. The molecule has 0 saturated heterocycles. The highest BCUT2D eigenvalue weighted by Crippen LogP contribution is 2.37. The number of rotatable bonds is 3. The van der Waals surface area contributed by atoms with Gasteiger partial charge in [0.1, 0.15) is 17.2 Å². The third kappa shape index (κ3) is 3.06. The van der Waals surface area contributed by atoms with E-state index in [-0.39, 0.29) is 10.5 Å². The van der Waals surface area contributed by atoms with Gasteiger partial charge in [0.25, 0.3) is 21.8 Å². The minimum atomic E-state index is -4.14. The third-order valence-corrected chi connectivity index (χ3v) is 7.66. The number of nitrogens with zero attached hydrogens (tertiary/aromatic N) is 2. The molecule has 0 spiro atoms. The topological polar surface area (TPSA) is 84.0 Å². The van der Waals surface area contributed by atoms with E-state index in [0.717, 1.165) is 24.0 Å². The Kier molecular flexibility index (Phi) is 4.74. The van der Waals surface area contributed by atoms with E-state index in [9.17, 15) is 18.0 Å². The monoisotopic (exact) mass is 448 g/mol. The molecule has 0 bridgehead atoms. The number of fused-ring (bicyclic) bond motifs is 3. The van der Waals surface area contributed by atoms with E-state index in [1.807, 2.05) is 48.5 Å². The lowest BCUT2D eigenvalue weighted by atomic mass is 10.0. The molecule has 2 heterocycles. The highest BCUT2D eigenvalue weighted by atomic mass is 32.2. The fourth-order valence-electron chi connectivity index (χ4n) is 4.29. The molecule has 0 radical (unpaired) electrons. The number of para-hydroxylation sites is 2. The molecule has 2 aliphatic heterocycles. The number of hydrogen-bond donors (Lipinski definition) is 0. The Morgan fingerprint density at radius 3 is 2.12 bits per heavy atom. The van der Waals surface area contributed by atoms with E-state index in [0.29, 0.717) is 21.4 Å². The molecule has 7 nitrogen and oxygen atoms in total. The number of carbonyl (C=O) groups is 2. The van der Waals surface area contributed by atoms with Gasteiger partial charge in [-0.05, 0) is 54.3 Å². The summed E-state index contributed by atoms with van der Waals surface area (Å²) in [5, 5.41) is 0. The van der Waals surface area contributed by atoms with Crippen LogP contribution in [0.3, 0.4) is 0 Å². The van der Waals surface area contributed by atoms with Gasteiger partial charge in [-0.3, -0.25) is 14.5 Å². The summed E-state index contributed by atoms with van der Waals surface area (Å²) >= 11 is 0. The molecule has 0 aliphatic carbocycles. The minimum absolute atomic E-state index is 0.00816. The van der Waals surface area contributed by atoms with E-state index in [1.54, 1.807) is 0 Å². The van der Waals surface area contributed by atoms with E-state index in [4.69, 9.17) is 4.74 Å². The Balaban J connectivity index is 1.56. The Morgan fingerprint density at radius 1 is 0.938 bits per heavy atom. The maximum Gasteiger partial charge on any atom is 0.269 e. The summed E-state index contributed by atoms with van der Waals surface area (Å²) in [6.45, 7) is -0.596. The highest BCUT2D eigenvalue weighted by Gasteiger charge is 2.43. The number of carbonyl (C=O) groups excluding carboxylic acids is 2. The second-order valence-electron chi connectivity index (χ2n) is 7.67. The quantitative estimate of drug-likeness (QED) is 0.614. The van der Waals surface area contributed by atoms with Crippen LogP contribution in [0.2, 0.25) is 0 Å². The number of sulfonamides is 1. The van der Waals surface area contributed by atoms with Crippen LogP contribution in [0.4, 0.5) is 11.4 Å². The molecule has 0 unspecified atom stereocenters. The molecule has 0 N–H and O–H groups in total. The fourth-order valence-corrected chi connectivity index (χ4v) is 5.79. The molecular formula is C24H20N2O5S. The molecule has 3 aromatic rings. The zero-order valence-corrected chi connectivity index (χ0v) is 18.1. The van der Waals surface area contributed by atoms with Gasteiger partial charge in [-0.1, -0.05) is 36.4 Å². The van der Waals surface area contributed by atoms with Crippen LogP contribution in [0, 0.1) is 0 Å². The number of anilines is 2. The summed E-state index contributed by atoms with van der Waals surface area (Å²) in [4.78, 5) is 28.0. The van der Waals surface area contributed by atoms with Crippen molar-refractivity contribution in [1.29, 1.82) is 0 Å². The van der Waals surface area contributed by atoms with Crippen molar-refractivity contribution in [3.63, 3.8) is 0 Å². The molecule has 8 heteroatoms. The predicted molar refractivity (Wildman–Crippen MR) is 119 cm³/mol. The summed E-state index contributed by atoms with van der Waals surface area (Å²) in [5.41, 5.74) is 3.38. The molecule has 0 aromatic heterocycles. The summed E-state index contributed by atoms with van der Waals surface area (Å²) < 4.78 is 31.9. The molecule has 2 amide bonds. The molecule has 32 heavy (non-hydrogen) atoms. The van der Waals surface area contributed by atoms with Crippen LogP contribution < -0.4 is 9.64 Å². The van der Waals surface area contributed by atoms with Crippen LogP contribution in [0.25, 0.3) is 0 Å². The molecule has 2 aliphatic rings. The van der Waals surface area contributed by atoms with Gasteiger partial charge in [0.2, 0.25) is 0 Å². The average Bonchev–Trinajstić information content (AvgIpc) is 2.93. The largest absolute Gasteiger partial charge is 0.497 e. The number of ether oxygens (including phenoxy) is 1. The minimum Gasteiger partial charge on any atom is -0.497 e. The molecular weight excluding hydrogens is 428 g/mol. The van der Waals surface area contributed by atoms with E-state index in [2.05, 4.69) is 0 Å². The van der Waals surface area contributed by atoms with Gasteiger partial charge >= 0.3 is 0 Å². The lowest BCUT2D eigenvalue weighted by Crippen LogP contribution is -2.41. The SMILES string of the molecule is COc1ccc2c(c1)C(=O)N(CC(=O)N1c3ccccc3CCc3ccccc31)S2(=O)=O. The number of hydrogen-bond acceptors (Lipinski definition) is 5. The van der Waals surface area contributed by atoms with Crippen molar-refractivity contribution in [2.24, 2.45) is 0 Å². The average molecular weight is 449 g/mol. The third-order valence-electron chi connectivity index (χ3n) is 5.87. The first-order valence-electron chi connectivity index (χ1n) is 10.2. The Labute approximate surface area is 185 Å². The lowest BCUT2D eigenvalue weighted by Gasteiger charge is -2.26. The number of amides is 2. The maximum atomic E-state index is 13.6. The molecule has 162 valence electrons. The van der Waals surface area contributed by atoms with E-state index in [1.165, 1.54) is 30.2 Å². The van der Waals surface area contributed by atoms with Crippen molar-refractivity contribution in [3.05, 3.63) is 83.4 Å². The van der Waals surface area contributed by atoms with Crippen LogP contribution in [0.1, 0.15) is 21.5 Å². The van der Waals surface area contributed by atoms with Crippen LogP contribution in [0.15, 0.2) is 71.6 Å². The number of aryl methyl sites for hydroxylation is 2. The lowest BCUT2D eigenvalue weighted by molar-refractivity contribution is -0.117. The molecule has 3 aromatic carbocycles. The Hall–Kier alpha value is -3.65. The second kappa shape index (κ2) is 7.49. The first kappa shape index (κ1) is 20.3. The summed E-state index contributed by atoms with van der Waals surface area (Å²) in [5.74, 6) is -0.858. The molecule has 0 atom stereocenters. The van der Waals surface area contributed by atoms with Gasteiger partial charge in [-0.15, -0.1) is 0 Å². The van der Waals surface area contributed by atoms with Gasteiger partial charge in [0.15, 0.2) is 0 Å². The van der Waals surface area contributed by atoms with Crippen molar-refractivity contribution >= 4 is 33.2 Å². The van der Waals surface area contributed by atoms with Crippen molar-refractivity contribution < 1.29 is 22.7 Å². The maximum absolute atomic E-state index is 13.6. The zero-order chi connectivity index (χ0) is 22.5.